The van der Waals surface area contributed by atoms with Gasteiger partial charge >= 0.3 is 0 Å². The van der Waals surface area contributed by atoms with Crippen LogP contribution in [0.25, 0.3) is 0 Å². The lowest BCUT2D eigenvalue weighted by Gasteiger charge is -2.29. The summed E-state index contributed by atoms with van der Waals surface area (Å²) in [6.07, 6.45) is 4.43. The summed E-state index contributed by atoms with van der Waals surface area (Å²) in [5.41, 5.74) is 0. The van der Waals surface area contributed by atoms with Crippen LogP contribution >= 0.6 is 0 Å². The number of aromatic nitrogens is 1. The number of pyridine rings is 1. The van der Waals surface area contributed by atoms with E-state index in [0.29, 0.717) is 25.3 Å². The Bertz CT molecular complexity index is 853. The molecule has 0 atom stereocenters. The maximum Gasteiger partial charge on any atom is 0.240 e. The minimum Gasteiger partial charge on any atom is -0.491 e. The van der Waals surface area contributed by atoms with Gasteiger partial charge in [-0.2, -0.15) is 0 Å². The summed E-state index contributed by atoms with van der Waals surface area (Å²) in [7, 11) is -3.79. The van der Waals surface area contributed by atoms with Crippen molar-refractivity contribution < 1.29 is 22.3 Å². The highest BCUT2D eigenvalue weighted by molar-refractivity contribution is 7.89. The average molecular weight is 394 g/mol. The Morgan fingerprint density at radius 2 is 1.96 bits per heavy atom. The van der Waals surface area contributed by atoms with Gasteiger partial charge < -0.3 is 9.47 Å². The van der Waals surface area contributed by atoms with Crippen LogP contribution < -0.4 is 14.2 Å². The van der Waals surface area contributed by atoms with Crippen molar-refractivity contribution in [2.45, 2.75) is 49.6 Å². The molecule has 27 heavy (non-hydrogen) atoms. The van der Waals surface area contributed by atoms with E-state index < -0.39 is 15.8 Å². The summed E-state index contributed by atoms with van der Waals surface area (Å²) in [6, 6.07) is 8.96. The first-order valence-electron chi connectivity index (χ1n) is 9.00. The molecule has 1 N–H and O–H groups in total. The van der Waals surface area contributed by atoms with Crippen molar-refractivity contribution in [1.82, 2.24) is 9.71 Å². The van der Waals surface area contributed by atoms with Crippen molar-refractivity contribution in [2.24, 2.45) is 0 Å². The van der Waals surface area contributed by atoms with Crippen LogP contribution in [0.4, 0.5) is 4.39 Å². The maximum absolute atomic E-state index is 14.0. The minimum absolute atomic E-state index is 0.0172. The molecule has 1 heterocycles. The Morgan fingerprint density at radius 1 is 1.19 bits per heavy atom. The van der Waals surface area contributed by atoms with Gasteiger partial charge in [0.05, 0.1) is 11.5 Å². The molecule has 1 fully saturated rings. The molecule has 1 aliphatic carbocycles. The van der Waals surface area contributed by atoms with Gasteiger partial charge in [0.15, 0.2) is 11.6 Å². The zero-order valence-corrected chi connectivity index (χ0v) is 15.9. The Morgan fingerprint density at radius 3 is 2.59 bits per heavy atom. The Hall–Kier alpha value is -2.19. The van der Waals surface area contributed by atoms with Gasteiger partial charge in [0.1, 0.15) is 6.10 Å². The van der Waals surface area contributed by atoms with Crippen molar-refractivity contribution in [3.8, 4) is 11.6 Å². The van der Waals surface area contributed by atoms with Crippen molar-refractivity contribution >= 4 is 10.0 Å². The number of sulfonamides is 1. The van der Waals surface area contributed by atoms with Gasteiger partial charge in [0.2, 0.25) is 15.9 Å². The lowest BCUT2D eigenvalue weighted by molar-refractivity contribution is 0.138. The third-order valence-corrected chi connectivity index (χ3v) is 5.95. The smallest absolute Gasteiger partial charge is 0.240 e. The van der Waals surface area contributed by atoms with Crippen molar-refractivity contribution in [3.63, 3.8) is 0 Å². The van der Waals surface area contributed by atoms with Gasteiger partial charge in [-0.25, -0.2) is 22.5 Å². The second-order valence-electron chi connectivity index (χ2n) is 6.41. The summed E-state index contributed by atoms with van der Waals surface area (Å²) < 4.78 is 52.6. The molecule has 0 amide bonds. The molecular formula is C19H23FN2O4S. The van der Waals surface area contributed by atoms with Gasteiger partial charge in [0.25, 0.3) is 0 Å². The van der Waals surface area contributed by atoms with E-state index >= 15 is 0 Å². The van der Waals surface area contributed by atoms with Crippen LogP contribution in [0.1, 0.15) is 32.6 Å². The largest absolute Gasteiger partial charge is 0.491 e. The molecule has 8 heteroatoms. The molecule has 1 saturated carbocycles. The zero-order chi connectivity index (χ0) is 19.3. The van der Waals surface area contributed by atoms with Gasteiger partial charge in [-0.3, -0.25) is 0 Å². The molecule has 0 aliphatic heterocycles. The number of hydrogen-bond donors (Lipinski definition) is 1. The van der Waals surface area contributed by atoms with Gasteiger partial charge in [-0.05, 0) is 56.9 Å². The van der Waals surface area contributed by atoms with Crippen LogP contribution in [0.2, 0.25) is 0 Å². The molecular weight excluding hydrogens is 371 g/mol. The second kappa shape index (κ2) is 8.67. The fourth-order valence-electron chi connectivity index (χ4n) is 3.09. The number of hydrogen-bond acceptors (Lipinski definition) is 5. The highest BCUT2D eigenvalue weighted by atomic mass is 32.2. The van der Waals surface area contributed by atoms with E-state index in [2.05, 4.69) is 9.71 Å². The number of benzene rings is 1. The van der Waals surface area contributed by atoms with Crippen molar-refractivity contribution in [2.75, 3.05) is 6.61 Å². The van der Waals surface area contributed by atoms with Gasteiger partial charge in [-0.1, -0.05) is 6.07 Å². The molecule has 2 aromatic rings. The van der Waals surface area contributed by atoms with Crippen LogP contribution in [0, 0.1) is 5.82 Å². The first-order chi connectivity index (χ1) is 13.0. The molecule has 3 rings (SSSR count). The fourth-order valence-corrected chi connectivity index (χ4v) is 4.41. The topological polar surface area (TPSA) is 77.5 Å². The molecule has 146 valence electrons. The van der Waals surface area contributed by atoms with E-state index in [9.17, 15) is 12.8 Å². The number of rotatable bonds is 7. The lowest BCUT2D eigenvalue weighted by Crippen LogP contribution is -2.39. The van der Waals surface area contributed by atoms with E-state index in [4.69, 9.17) is 9.47 Å². The molecule has 1 aromatic heterocycles. The van der Waals surface area contributed by atoms with E-state index in [1.165, 1.54) is 12.1 Å². The average Bonchev–Trinajstić information content (AvgIpc) is 2.66. The van der Waals surface area contributed by atoms with Crippen LogP contribution in [0.3, 0.4) is 0 Å². The number of halogens is 1. The van der Waals surface area contributed by atoms with E-state index in [-0.39, 0.29) is 22.8 Å². The second-order valence-corrected chi connectivity index (χ2v) is 8.12. The van der Waals surface area contributed by atoms with E-state index in [1.807, 2.05) is 12.1 Å². The predicted octanol–water partition coefficient (Wildman–Crippen LogP) is 3.29. The summed E-state index contributed by atoms with van der Waals surface area (Å²) in [6.45, 7) is 2.05. The third-order valence-electron chi connectivity index (χ3n) is 4.43. The fraction of sp³-hybridized carbons (Fsp3) is 0.421. The van der Waals surface area contributed by atoms with Crippen LogP contribution in [0.15, 0.2) is 47.5 Å². The molecule has 0 radical (unpaired) electrons. The molecule has 1 aromatic carbocycles. The number of nitrogens with one attached hydrogen (secondary N) is 1. The van der Waals surface area contributed by atoms with Crippen LogP contribution in [0.5, 0.6) is 11.6 Å². The highest BCUT2D eigenvalue weighted by Gasteiger charge is 2.27. The Labute approximate surface area is 158 Å². The first-order valence-corrected chi connectivity index (χ1v) is 10.5. The van der Waals surface area contributed by atoms with Gasteiger partial charge in [0, 0.05) is 18.3 Å². The van der Waals surface area contributed by atoms with Gasteiger partial charge in [-0.15, -0.1) is 0 Å². The van der Waals surface area contributed by atoms with E-state index in [1.54, 1.807) is 19.2 Å². The summed E-state index contributed by atoms with van der Waals surface area (Å²) in [5, 5.41) is 0. The molecule has 0 unspecified atom stereocenters. The zero-order valence-electron chi connectivity index (χ0n) is 15.1. The molecule has 0 spiro atoms. The Kier molecular flexibility index (Phi) is 6.28. The standard InChI is InChI=1S/C19H23FN2O4S/c1-2-25-18-11-10-16(13-17(18)20)27(23,24)22-14-6-8-15(9-7-14)26-19-5-3-4-12-21-19/h3-5,10-15,22H,2,6-9H2,1H3. The molecule has 6 nitrogen and oxygen atoms in total. The van der Waals surface area contributed by atoms with Crippen LogP contribution in [-0.4, -0.2) is 32.2 Å². The number of nitrogens with zero attached hydrogens (tertiary/aromatic N) is 1. The highest BCUT2D eigenvalue weighted by Crippen LogP contribution is 2.25. The third kappa shape index (κ3) is 5.17. The monoisotopic (exact) mass is 394 g/mol. The summed E-state index contributed by atoms with van der Waals surface area (Å²) in [5.74, 6) is -0.0674. The molecule has 1 aliphatic rings. The maximum atomic E-state index is 14.0. The van der Waals surface area contributed by atoms with Crippen LogP contribution in [-0.2, 0) is 10.0 Å². The summed E-state index contributed by atoms with van der Waals surface area (Å²) >= 11 is 0. The predicted molar refractivity (Wildman–Crippen MR) is 98.8 cm³/mol. The SMILES string of the molecule is CCOc1ccc(S(=O)(=O)NC2CCC(Oc3ccccn3)CC2)cc1F. The summed E-state index contributed by atoms with van der Waals surface area (Å²) in [4.78, 5) is 4.04. The quantitative estimate of drug-likeness (QED) is 0.780. The first kappa shape index (κ1) is 19.6. The molecule has 0 bridgehead atoms. The minimum atomic E-state index is -3.79. The molecule has 0 saturated heterocycles. The van der Waals surface area contributed by atoms with Crippen molar-refractivity contribution in [3.05, 3.63) is 48.4 Å². The number of ether oxygens (including phenoxy) is 2. The van der Waals surface area contributed by atoms with E-state index in [0.717, 1.165) is 18.9 Å². The lowest BCUT2D eigenvalue weighted by atomic mass is 9.94. The van der Waals surface area contributed by atoms with Crippen molar-refractivity contribution in [1.29, 1.82) is 0 Å². The Balaban J connectivity index is 1.57. The normalized spacial score (nSPS) is 20.2.